The van der Waals surface area contributed by atoms with Crippen LogP contribution in [0.25, 0.3) is 11.3 Å². The fourth-order valence-electron chi connectivity index (χ4n) is 2.92. The molecule has 2 aromatic heterocycles. The molecule has 0 saturated heterocycles. The highest BCUT2D eigenvalue weighted by atomic mass is 32.2. The van der Waals surface area contributed by atoms with E-state index in [9.17, 15) is 4.79 Å². The fraction of sp³-hybridized carbons (Fsp3) is 0.0870. The van der Waals surface area contributed by atoms with Gasteiger partial charge in [-0.1, -0.05) is 48.5 Å². The van der Waals surface area contributed by atoms with Crippen LogP contribution in [-0.4, -0.2) is 20.7 Å². The number of rotatable bonds is 7. The van der Waals surface area contributed by atoms with Crippen molar-refractivity contribution in [3.63, 3.8) is 0 Å². The Kier molecular flexibility index (Phi) is 6.02. The molecule has 2 heterocycles. The highest BCUT2D eigenvalue weighted by Gasteiger charge is 2.10. The van der Waals surface area contributed by atoms with Crippen LogP contribution in [0.1, 0.15) is 5.56 Å². The van der Waals surface area contributed by atoms with Crippen molar-refractivity contribution in [1.82, 2.24) is 14.8 Å². The summed E-state index contributed by atoms with van der Waals surface area (Å²) in [6, 6.07) is 25.6. The van der Waals surface area contributed by atoms with E-state index in [0.717, 1.165) is 27.7 Å². The van der Waals surface area contributed by atoms with Crippen LogP contribution in [0.15, 0.2) is 96.3 Å². The van der Waals surface area contributed by atoms with Crippen LogP contribution in [0.2, 0.25) is 0 Å². The van der Waals surface area contributed by atoms with Crippen LogP contribution < -0.4 is 5.32 Å². The molecular weight excluding hydrogens is 380 g/mol. The Morgan fingerprint density at radius 1 is 0.897 bits per heavy atom. The Balaban J connectivity index is 1.34. The van der Waals surface area contributed by atoms with Gasteiger partial charge in [-0.2, -0.15) is 5.10 Å². The van der Waals surface area contributed by atoms with E-state index in [0.29, 0.717) is 0 Å². The first-order chi connectivity index (χ1) is 14.3. The minimum Gasteiger partial charge on any atom is -0.324 e. The van der Waals surface area contributed by atoms with Gasteiger partial charge in [-0.05, 0) is 41.5 Å². The van der Waals surface area contributed by atoms with Crippen LogP contribution in [0.5, 0.6) is 0 Å². The quantitative estimate of drug-likeness (QED) is 0.449. The van der Waals surface area contributed by atoms with Gasteiger partial charge in [0.25, 0.3) is 0 Å². The van der Waals surface area contributed by atoms with Crippen LogP contribution in [0, 0.1) is 0 Å². The first-order valence-electron chi connectivity index (χ1n) is 9.28. The van der Waals surface area contributed by atoms with E-state index < -0.39 is 0 Å². The average molecular weight is 401 g/mol. The van der Waals surface area contributed by atoms with Crippen molar-refractivity contribution >= 4 is 23.4 Å². The number of amides is 1. The van der Waals surface area contributed by atoms with Gasteiger partial charge in [0.1, 0.15) is 6.54 Å². The van der Waals surface area contributed by atoms with E-state index in [1.54, 1.807) is 28.8 Å². The lowest BCUT2D eigenvalue weighted by Crippen LogP contribution is -2.20. The predicted molar refractivity (Wildman–Crippen MR) is 117 cm³/mol. The molecule has 5 nitrogen and oxygen atoms in total. The zero-order chi connectivity index (χ0) is 19.9. The SMILES string of the molecule is O=C(Cn1nccc1-c1ccccc1)Nc1ccc(CSc2ccccn2)cc1. The molecule has 4 aromatic rings. The number of carbonyl (C=O) groups is 1. The topological polar surface area (TPSA) is 59.8 Å². The average Bonchev–Trinajstić information content (AvgIpc) is 3.22. The molecule has 0 fully saturated rings. The Morgan fingerprint density at radius 3 is 2.45 bits per heavy atom. The third-order valence-corrected chi connectivity index (χ3v) is 5.36. The summed E-state index contributed by atoms with van der Waals surface area (Å²) in [4.78, 5) is 16.8. The molecule has 0 bridgehead atoms. The zero-order valence-electron chi connectivity index (χ0n) is 15.7. The number of nitrogens with one attached hydrogen (secondary N) is 1. The molecule has 144 valence electrons. The maximum atomic E-state index is 12.5. The molecule has 0 radical (unpaired) electrons. The maximum Gasteiger partial charge on any atom is 0.246 e. The van der Waals surface area contributed by atoms with E-state index in [4.69, 9.17) is 0 Å². The lowest BCUT2D eigenvalue weighted by atomic mass is 10.1. The van der Waals surface area contributed by atoms with Gasteiger partial charge < -0.3 is 5.32 Å². The Labute approximate surface area is 173 Å². The van der Waals surface area contributed by atoms with Crippen molar-refractivity contribution in [1.29, 1.82) is 0 Å². The van der Waals surface area contributed by atoms with Crippen LogP contribution in [-0.2, 0) is 17.1 Å². The number of pyridine rings is 1. The summed E-state index contributed by atoms with van der Waals surface area (Å²) in [5, 5.41) is 8.23. The Hall–Kier alpha value is -3.38. The summed E-state index contributed by atoms with van der Waals surface area (Å²) in [5.41, 5.74) is 3.90. The molecule has 4 rings (SSSR count). The summed E-state index contributed by atoms with van der Waals surface area (Å²) >= 11 is 1.69. The van der Waals surface area contributed by atoms with Crippen LogP contribution in [0.4, 0.5) is 5.69 Å². The number of hydrogen-bond donors (Lipinski definition) is 1. The molecule has 0 unspecified atom stereocenters. The molecule has 0 aliphatic rings. The molecule has 0 spiro atoms. The van der Waals surface area contributed by atoms with E-state index in [2.05, 4.69) is 15.4 Å². The standard InChI is InChI=1S/C23H20N4OS/c28-22(16-27-21(13-15-25-27)19-6-2-1-3-7-19)26-20-11-9-18(10-12-20)17-29-23-8-4-5-14-24-23/h1-15H,16-17H2,(H,26,28). The first kappa shape index (κ1) is 19.0. The summed E-state index contributed by atoms with van der Waals surface area (Å²) in [5.74, 6) is 0.723. The minimum atomic E-state index is -0.110. The van der Waals surface area contributed by atoms with Crippen molar-refractivity contribution in [2.45, 2.75) is 17.3 Å². The van der Waals surface area contributed by atoms with Gasteiger partial charge in [0.15, 0.2) is 0 Å². The van der Waals surface area contributed by atoms with Gasteiger partial charge in [0, 0.05) is 23.8 Å². The Morgan fingerprint density at radius 2 is 1.69 bits per heavy atom. The lowest BCUT2D eigenvalue weighted by Gasteiger charge is -2.09. The molecule has 0 saturated carbocycles. The smallest absolute Gasteiger partial charge is 0.246 e. The van der Waals surface area contributed by atoms with Gasteiger partial charge >= 0.3 is 0 Å². The molecule has 0 atom stereocenters. The van der Waals surface area contributed by atoms with Crippen molar-refractivity contribution in [2.75, 3.05) is 5.32 Å². The third kappa shape index (κ3) is 5.12. The van der Waals surface area contributed by atoms with E-state index >= 15 is 0 Å². The van der Waals surface area contributed by atoms with Gasteiger partial charge in [-0.15, -0.1) is 11.8 Å². The first-order valence-corrected chi connectivity index (χ1v) is 10.3. The van der Waals surface area contributed by atoms with Crippen molar-refractivity contribution < 1.29 is 4.79 Å². The highest BCUT2D eigenvalue weighted by Crippen LogP contribution is 2.22. The number of aromatic nitrogens is 3. The number of thioether (sulfide) groups is 1. The predicted octanol–water partition coefficient (Wildman–Crippen LogP) is 4.88. The maximum absolute atomic E-state index is 12.5. The number of hydrogen-bond acceptors (Lipinski definition) is 4. The van der Waals surface area contributed by atoms with Gasteiger partial charge in [0.2, 0.25) is 5.91 Å². The van der Waals surface area contributed by atoms with E-state index in [1.165, 1.54) is 5.56 Å². The summed E-state index contributed by atoms with van der Waals surface area (Å²) in [6.07, 6.45) is 3.51. The molecule has 1 N–H and O–H groups in total. The second kappa shape index (κ2) is 9.21. The number of nitrogens with zero attached hydrogens (tertiary/aromatic N) is 3. The fourth-order valence-corrected chi connectivity index (χ4v) is 3.74. The third-order valence-electron chi connectivity index (χ3n) is 4.34. The van der Waals surface area contributed by atoms with Gasteiger partial charge in [-0.3, -0.25) is 9.48 Å². The van der Waals surface area contributed by atoms with E-state index in [1.807, 2.05) is 78.9 Å². The molecule has 0 aliphatic carbocycles. The number of anilines is 1. The Bertz CT molecular complexity index is 1060. The number of carbonyl (C=O) groups excluding carboxylic acids is 1. The highest BCUT2D eigenvalue weighted by molar-refractivity contribution is 7.98. The van der Waals surface area contributed by atoms with Crippen LogP contribution >= 0.6 is 11.8 Å². The molecule has 2 aromatic carbocycles. The van der Waals surface area contributed by atoms with Gasteiger partial charge in [0.05, 0.1) is 10.7 Å². The largest absolute Gasteiger partial charge is 0.324 e. The molecule has 6 heteroatoms. The summed E-state index contributed by atoms with van der Waals surface area (Å²) in [6.45, 7) is 0.161. The molecule has 1 amide bonds. The zero-order valence-corrected chi connectivity index (χ0v) is 16.5. The monoisotopic (exact) mass is 400 g/mol. The molecule has 29 heavy (non-hydrogen) atoms. The molecule has 0 aliphatic heterocycles. The van der Waals surface area contributed by atoms with Crippen molar-refractivity contribution in [3.05, 3.63) is 96.8 Å². The van der Waals surface area contributed by atoms with Crippen LogP contribution in [0.3, 0.4) is 0 Å². The van der Waals surface area contributed by atoms with Crippen molar-refractivity contribution in [3.8, 4) is 11.3 Å². The number of benzene rings is 2. The summed E-state index contributed by atoms with van der Waals surface area (Å²) in [7, 11) is 0. The van der Waals surface area contributed by atoms with Crippen molar-refractivity contribution in [2.24, 2.45) is 0 Å². The normalized spacial score (nSPS) is 10.6. The second-order valence-electron chi connectivity index (χ2n) is 6.44. The molecular formula is C23H20N4OS. The second-order valence-corrected chi connectivity index (χ2v) is 7.44. The minimum absolute atomic E-state index is 0.110. The lowest BCUT2D eigenvalue weighted by molar-refractivity contribution is -0.116. The van der Waals surface area contributed by atoms with Gasteiger partial charge in [-0.25, -0.2) is 4.98 Å². The summed E-state index contributed by atoms with van der Waals surface area (Å²) < 4.78 is 1.71. The van der Waals surface area contributed by atoms with E-state index in [-0.39, 0.29) is 12.5 Å².